The number of pyridine rings is 1. The first-order valence-corrected chi connectivity index (χ1v) is 6.09. The van der Waals surface area contributed by atoms with E-state index in [2.05, 4.69) is 10.3 Å². The molecule has 16 heavy (non-hydrogen) atoms. The lowest BCUT2D eigenvalue weighted by molar-refractivity contribution is 0.143. The smallest absolute Gasteiger partial charge is 0.129 e. The Morgan fingerprint density at radius 1 is 1.38 bits per heavy atom. The van der Waals surface area contributed by atoms with Crippen molar-refractivity contribution in [2.24, 2.45) is 0 Å². The number of nitrogens with one attached hydrogen (secondary N) is 1. The van der Waals surface area contributed by atoms with Crippen molar-refractivity contribution in [1.29, 1.82) is 0 Å². The van der Waals surface area contributed by atoms with E-state index < -0.39 is 0 Å². The molecule has 0 bridgehead atoms. The van der Waals surface area contributed by atoms with E-state index in [4.69, 9.17) is 16.3 Å². The van der Waals surface area contributed by atoms with E-state index in [1.54, 1.807) is 6.20 Å². The number of ether oxygens (including phenoxy) is 1. The first-order chi connectivity index (χ1) is 7.83. The summed E-state index contributed by atoms with van der Waals surface area (Å²) in [5, 5.41) is 3.90. The van der Waals surface area contributed by atoms with Gasteiger partial charge in [-0.3, -0.25) is 0 Å². The van der Waals surface area contributed by atoms with E-state index in [9.17, 15) is 0 Å². The van der Waals surface area contributed by atoms with Crippen LogP contribution in [0.3, 0.4) is 0 Å². The third-order valence-corrected chi connectivity index (χ3v) is 2.44. The fraction of sp³-hybridized carbons (Fsp3) is 0.583. The minimum absolute atomic E-state index is 0.542. The molecule has 0 fully saturated rings. The normalized spacial score (nSPS) is 10.6. The molecule has 1 N–H and O–H groups in total. The van der Waals surface area contributed by atoms with Crippen LogP contribution in [-0.4, -0.2) is 24.7 Å². The number of aromatic nitrogens is 1. The molecule has 0 spiro atoms. The zero-order chi connectivity index (χ0) is 11.6. The lowest BCUT2D eigenvalue weighted by Crippen LogP contribution is -2.15. The first-order valence-electron chi connectivity index (χ1n) is 5.72. The molecule has 3 nitrogen and oxygen atoms in total. The number of hydrogen-bond acceptors (Lipinski definition) is 3. The van der Waals surface area contributed by atoms with Crippen molar-refractivity contribution < 1.29 is 4.74 Å². The molecule has 4 heteroatoms. The van der Waals surface area contributed by atoms with Crippen LogP contribution in [0.15, 0.2) is 18.3 Å². The van der Waals surface area contributed by atoms with E-state index in [1.165, 1.54) is 0 Å². The molecule has 0 saturated heterocycles. The van der Waals surface area contributed by atoms with Gasteiger partial charge in [-0.15, -0.1) is 0 Å². The Hall–Kier alpha value is -0.640. The van der Waals surface area contributed by atoms with Crippen LogP contribution in [-0.2, 0) is 11.3 Å². The van der Waals surface area contributed by atoms with E-state index in [0.29, 0.717) is 5.15 Å². The second kappa shape index (κ2) is 8.50. The maximum absolute atomic E-state index is 5.70. The Bertz CT molecular complexity index is 277. The molecule has 1 aromatic rings. The summed E-state index contributed by atoms with van der Waals surface area (Å²) in [6, 6.07) is 3.80. The highest BCUT2D eigenvalue weighted by Gasteiger charge is 1.94. The van der Waals surface area contributed by atoms with Gasteiger partial charge in [0.25, 0.3) is 0 Å². The molecule has 1 aromatic heterocycles. The van der Waals surface area contributed by atoms with Crippen LogP contribution < -0.4 is 5.32 Å². The third-order valence-electron chi connectivity index (χ3n) is 2.21. The van der Waals surface area contributed by atoms with Crippen molar-refractivity contribution in [2.45, 2.75) is 26.3 Å². The third kappa shape index (κ3) is 6.05. The van der Waals surface area contributed by atoms with Crippen LogP contribution in [0.2, 0.25) is 5.15 Å². The summed E-state index contributed by atoms with van der Waals surface area (Å²) >= 11 is 5.70. The predicted molar refractivity (Wildman–Crippen MR) is 66.7 cm³/mol. The molecule has 0 aromatic carbocycles. The molecule has 90 valence electrons. The predicted octanol–water partition coefficient (Wildman–Crippen LogP) is 2.64. The standard InChI is InChI=1S/C12H19ClN2O/c1-2-16-8-4-3-7-14-9-11-5-6-12(13)15-10-11/h5-6,10,14H,2-4,7-9H2,1H3. The summed E-state index contributed by atoms with van der Waals surface area (Å²) in [7, 11) is 0. The van der Waals surface area contributed by atoms with E-state index in [-0.39, 0.29) is 0 Å². The monoisotopic (exact) mass is 242 g/mol. The maximum Gasteiger partial charge on any atom is 0.129 e. The van der Waals surface area contributed by atoms with Crippen molar-refractivity contribution in [1.82, 2.24) is 10.3 Å². The number of rotatable bonds is 8. The zero-order valence-electron chi connectivity index (χ0n) is 9.71. The van der Waals surface area contributed by atoms with Gasteiger partial charge in [-0.1, -0.05) is 17.7 Å². The van der Waals surface area contributed by atoms with Crippen LogP contribution in [0.4, 0.5) is 0 Å². The molecule has 0 unspecified atom stereocenters. The highest BCUT2D eigenvalue weighted by molar-refractivity contribution is 6.29. The van der Waals surface area contributed by atoms with Gasteiger partial charge in [0.2, 0.25) is 0 Å². The average Bonchev–Trinajstić information content (AvgIpc) is 2.30. The summed E-state index contributed by atoms with van der Waals surface area (Å²) in [5.41, 5.74) is 1.16. The maximum atomic E-state index is 5.70. The second-order valence-corrected chi connectivity index (χ2v) is 3.96. The fourth-order valence-corrected chi connectivity index (χ4v) is 1.45. The van der Waals surface area contributed by atoms with Crippen molar-refractivity contribution in [3.63, 3.8) is 0 Å². The molecule has 0 aliphatic heterocycles. The van der Waals surface area contributed by atoms with E-state index in [0.717, 1.165) is 44.7 Å². The Kier molecular flexibility index (Phi) is 7.14. The second-order valence-electron chi connectivity index (χ2n) is 3.57. The zero-order valence-corrected chi connectivity index (χ0v) is 10.5. The Morgan fingerprint density at radius 3 is 2.94 bits per heavy atom. The lowest BCUT2D eigenvalue weighted by Gasteiger charge is -2.04. The molecule has 0 aliphatic carbocycles. The molecule has 0 radical (unpaired) electrons. The van der Waals surface area contributed by atoms with Crippen molar-refractivity contribution in [3.8, 4) is 0 Å². The molecule has 1 rings (SSSR count). The number of halogens is 1. The van der Waals surface area contributed by atoms with Crippen LogP contribution in [0.25, 0.3) is 0 Å². The topological polar surface area (TPSA) is 34.1 Å². The summed E-state index contributed by atoms with van der Waals surface area (Å²) in [6.45, 7) is 5.55. The number of unbranched alkanes of at least 4 members (excludes halogenated alkanes) is 1. The minimum atomic E-state index is 0.542. The molecule has 0 saturated carbocycles. The van der Waals surface area contributed by atoms with Crippen molar-refractivity contribution in [3.05, 3.63) is 29.0 Å². The first kappa shape index (κ1) is 13.4. The summed E-state index contributed by atoms with van der Waals surface area (Å²) in [6.07, 6.45) is 4.05. The van der Waals surface area contributed by atoms with Crippen molar-refractivity contribution >= 4 is 11.6 Å². The lowest BCUT2D eigenvalue weighted by atomic mass is 10.2. The van der Waals surface area contributed by atoms with E-state index >= 15 is 0 Å². The van der Waals surface area contributed by atoms with Gasteiger partial charge in [-0.2, -0.15) is 0 Å². The highest BCUT2D eigenvalue weighted by Crippen LogP contribution is 2.04. The Balaban J connectivity index is 2.01. The summed E-state index contributed by atoms with van der Waals surface area (Å²) in [5.74, 6) is 0. The van der Waals surface area contributed by atoms with Crippen LogP contribution in [0.1, 0.15) is 25.3 Å². The van der Waals surface area contributed by atoms with Gasteiger partial charge in [-0.05, 0) is 37.9 Å². The molecule has 0 amide bonds. The van der Waals surface area contributed by atoms with Gasteiger partial charge in [0.1, 0.15) is 5.15 Å². The average molecular weight is 243 g/mol. The molecular weight excluding hydrogens is 224 g/mol. The highest BCUT2D eigenvalue weighted by atomic mass is 35.5. The van der Waals surface area contributed by atoms with Gasteiger partial charge in [0, 0.05) is 26.0 Å². The quantitative estimate of drug-likeness (QED) is 0.562. The van der Waals surface area contributed by atoms with Gasteiger partial charge in [0.05, 0.1) is 0 Å². The molecular formula is C12H19ClN2O. The van der Waals surface area contributed by atoms with Gasteiger partial charge < -0.3 is 10.1 Å². The van der Waals surface area contributed by atoms with Crippen LogP contribution in [0.5, 0.6) is 0 Å². The fourth-order valence-electron chi connectivity index (χ4n) is 1.34. The molecule has 0 atom stereocenters. The van der Waals surface area contributed by atoms with Gasteiger partial charge >= 0.3 is 0 Å². The Morgan fingerprint density at radius 2 is 2.25 bits per heavy atom. The Labute approximate surface area is 102 Å². The van der Waals surface area contributed by atoms with Gasteiger partial charge in [0.15, 0.2) is 0 Å². The summed E-state index contributed by atoms with van der Waals surface area (Å²) < 4.78 is 5.26. The van der Waals surface area contributed by atoms with Crippen LogP contribution >= 0.6 is 11.6 Å². The number of nitrogens with zero attached hydrogens (tertiary/aromatic N) is 1. The van der Waals surface area contributed by atoms with Crippen LogP contribution in [0, 0.1) is 0 Å². The van der Waals surface area contributed by atoms with Crippen molar-refractivity contribution in [2.75, 3.05) is 19.8 Å². The van der Waals surface area contributed by atoms with E-state index in [1.807, 2.05) is 19.1 Å². The molecule has 1 heterocycles. The number of hydrogen-bond donors (Lipinski definition) is 1. The molecule has 0 aliphatic rings. The summed E-state index contributed by atoms with van der Waals surface area (Å²) in [4.78, 5) is 4.02. The van der Waals surface area contributed by atoms with Gasteiger partial charge in [-0.25, -0.2) is 4.98 Å². The minimum Gasteiger partial charge on any atom is -0.382 e. The largest absolute Gasteiger partial charge is 0.382 e. The SMILES string of the molecule is CCOCCCCNCc1ccc(Cl)nc1.